The van der Waals surface area contributed by atoms with Gasteiger partial charge in [0.2, 0.25) is 15.9 Å². The second kappa shape index (κ2) is 7.91. The van der Waals surface area contributed by atoms with E-state index in [-0.39, 0.29) is 16.6 Å². The summed E-state index contributed by atoms with van der Waals surface area (Å²) in [6, 6.07) is 4.43. The van der Waals surface area contributed by atoms with Crippen molar-refractivity contribution in [1.29, 1.82) is 0 Å². The standard InChI is InChI=1S/C21H29FN2O4S/c1-19(2,3)18(25)23-17-9-7-8-14-21(17,22)28-15-10-12-16(13-11-15)29(26,27)24-20(4,5)6/h7-14,17,24H,1-6H3,(H,23,25). The van der Waals surface area contributed by atoms with Gasteiger partial charge in [-0.2, -0.15) is 4.39 Å². The Morgan fingerprint density at radius 3 is 2.17 bits per heavy atom. The number of sulfonamides is 1. The minimum absolute atomic E-state index is 0.0457. The Balaban J connectivity index is 2.20. The molecule has 0 bridgehead atoms. The number of hydrogen-bond donors (Lipinski definition) is 2. The van der Waals surface area contributed by atoms with Gasteiger partial charge in [-0.05, 0) is 51.1 Å². The summed E-state index contributed by atoms with van der Waals surface area (Å²) in [6.07, 6.45) is 5.84. The van der Waals surface area contributed by atoms with Crippen molar-refractivity contribution in [3.63, 3.8) is 0 Å². The van der Waals surface area contributed by atoms with Gasteiger partial charge in [0.05, 0.1) is 4.90 Å². The van der Waals surface area contributed by atoms with Crippen molar-refractivity contribution < 1.29 is 22.3 Å². The maximum atomic E-state index is 15.5. The van der Waals surface area contributed by atoms with Crippen molar-refractivity contribution in [2.45, 2.75) is 63.9 Å². The Kier molecular flexibility index (Phi) is 6.30. The molecular weight excluding hydrogens is 395 g/mol. The minimum Gasteiger partial charge on any atom is -0.452 e. The van der Waals surface area contributed by atoms with Gasteiger partial charge in [0.15, 0.2) is 0 Å². The molecule has 0 saturated carbocycles. The molecule has 0 aromatic heterocycles. The fourth-order valence-electron chi connectivity index (χ4n) is 2.53. The van der Waals surface area contributed by atoms with E-state index in [0.29, 0.717) is 0 Å². The third-order valence-corrected chi connectivity index (χ3v) is 5.75. The molecule has 29 heavy (non-hydrogen) atoms. The summed E-state index contributed by atoms with van der Waals surface area (Å²) >= 11 is 0. The van der Waals surface area contributed by atoms with Crippen LogP contribution in [-0.2, 0) is 14.8 Å². The number of hydrogen-bond acceptors (Lipinski definition) is 4. The highest BCUT2D eigenvalue weighted by molar-refractivity contribution is 7.89. The molecule has 0 aliphatic heterocycles. The Morgan fingerprint density at radius 2 is 1.66 bits per heavy atom. The first-order valence-electron chi connectivity index (χ1n) is 9.31. The summed E-state index contributed by atoms with van der Waals surface area (Å²) in [6.45, 7) is 10.4. The summed E-state index contributed by atoms with van der Waals surface area (Å²) in [5.74, 6) is -2.49. The number of alkyl halides is 1. The van der Waals surface area contributed by atoms with Gasteiger partial charge >= 0.3 is 0 Å². The van der Waals surface area contributed by atoms with Crippen molar-refractivity contribution in [2.75, 3.05) is 0 Å². The number of allylic oxidation sites excluding steroid dienone is 2. The van der Waals surface area contributed by atoms with Gasteiger partial charge < -0.3 is 10.1 Å². The van der Waals surface area contributed by atoms with Gasteiger partial charge in [-0.15, -0.1) is 0 Å². The lowest BCUT2D eigenvalue weighted by atomic mass is 9.93. The average molecular weight is 425 g/mol. The summed E-state index contributed by atoms with van der Waals surface area (Å²) in [4.78, 5) is 12.3. The van der Waals surface area contributed by atoms with Crippen molar-refractivity contribution in [3.05, 3.63) is 48.6 Å². The molecule has 8 heteroatoms. The van der Waals surface area contributed by atoms with E-state index >= 15 is 4.39 Å². The smallest absolute Gasteiger partial charge is 0.291 e. The molecule has 1 amide bonds. The van der Waals surface area contributed by atoms with Gasteiger partial charge in [0, 0.05) is 11.0 Å². The van der Waals surface area contributed by atoms with Gasteiger partial charge in [0.1, 0.15) is 11.8 Å². The summed E-state index contributed by atoms with van der Waals surface area (Å²) in [7, 11) is -3.71. The second-order valence-electron chi connectivity index (χ2n) is 9.07. The Morgan fingerprint density at radius 1 is 1.07 bits per heavy atom. The molecule has 160 valence electrons. The van der Waals surface area contributed by atoms with Crippen LogP contribution in [0.15, 0.2) is 53.5 Å². The van der Waals surface area contributed by atoms with E-state index in [4.69, 9.17) is 4.74 Å². The highest BCUT2D eigenvalue weighted by Gasteiger charge is 2.41. The number of amides is 1. The number of ether oxygens (including phenoxy) is 1. The first-order chi connectivity index (χ1) is 13.1. The number of nitrogens with one attached hydrogen (secondary N) is 2. The summed E-state index contributed by atoms with van der Waals surface area (Å²) in [5.41, 5.74) is -1.32. The normalized spacial score (nSPS) is 22.4. The van der Waals surface area contributed by atoms with Crippen LogP contribution in [0.4, 0.5) is 4.39 Å². The molecule has 1 aliphatic carbocycles. The molecular formula is C21H29FN2O4S. The number of carbonyl (C=O) groups excluding carboxylic acids is 1. The number of benzene rings is 1. The number of rotatable bonds is 5. The van der Waals surface area contributed by atoms with Gasteiger partial charge in [-0.3, -0.25) is 4.79 Å². The van der Waals surface area contributed by atoms with Crippen LogP contribution in [0.25, 0.3) is 0 Å². The van der Waals surface area contributed by atoms with E-state index in [9.17, 15) is 13.2 Å². The van der Waals surface area contributed by atoms with Crippen LogP contribution in [0.2, 0.25) is 0 Å². The topological polar surface area (TPSA) is 84.5 Å². The molecule has 0 heterocycles. The minimum atomic E-state index is -3.71. The van der Waals surface area contributed by atoms with E-state index in [2.05, 4.69) is 10.0 Å². The first kappa shape index (κ1) is 23.1. The molecule has 2 N–H and O–H groups in total. The lowest BCUT2D eigenvalue weighted by molar-refractivity contribution is -0.132. The molecule has 1 aromatic carbocycles. The molecule has 0 saturated heterocycles. The maximum Gasteiger partial charge on any atom is 0.291 e. The highest BCUT2D eigenvalue weighted by atomic mass is 32.2. The van der Waals surface area contributed by atoms with E-state index in [0.717, 1.165) is 0 Å². The third kappa shape index (κ3) is 6.14. The van der Waals surface area contributed by atoms with Crippen molar-refractivity contribution in [1.82, 2.24) is 10.0 Å². The lowest BCUT2D eigenvalue weighted by Gasteiger charge is -2.33. The third-order valence-electron chi connectivity index (χ3n) is 3.98. The quantitative estimate of drug-likeness (QED) is 0.758. The molecule has 2 atom stereocenters. The molecule has 1 aliphatic rings. The van der Waals surface area contributed by atoms with Gasteiger partial charge in [-0.1, -0.05) is 39.0 Å². The van der Waals surface area contributed by atoms with Crippen LogP contribution < -0.4 is 14.8 Å². The van der Waals surface area contributed by atoms with Crippen LogP contribution in [-0.4, -0.2) is 31.8 Å². The predicted octanol–water partition coefficient (Wildman–Crippen LogP) is 3.46. The van der Waals surface area contributed by atoms with Crippen LogP contribution in [0.5, 0.6) is 5.75 Å². The molecule has 1 aromatic rings. The van der Waals surface area contributed by atoms with E-state index in [1.54, 1.807) is 47.6 Å². The van der Waals surface area contributed by atoms with Crippen molar-refractivity contribution in [2.24, 2.45) is 5.41 Å². The molecule has 0 spiro atoms. The van der Waals surface area contributed by atoms with E-state index in [1.807, 2.05) is 0 Å². The van der Waals surface area contributed by atoms with Gasteiger partial charge in [0.25, 0.3) is 5.85 Å². The zero-order valence-corrected chi connectivity index (χ0v) is 18.4. The monoisotopic (exact) mass is 424 g/mol. The fraction of sp³-hybridized carbons (Fsp3) is 0.476. The van der Waals surface area contributed by atoms with Crippen molar-refractivity contribution in [3.8, 4) is 5.75 Å². The molecule has 6 nitrogen and oxygen atoms in total. The molecule has 0 fully saturated rings. The van der Waals surface area contributed by atoms with Crippen LogP contribution in [0.3, 0.4) is 0 Å². The van der Waals surface area contributed by atoms with Gasteiger partial charge in [-0.25, -0.2) is 13.1 Å². The lowest BCUT2D eigenvalue weighted by Crippen LogP contribution is -2.54. The zero-order valence-electron chi connectivity index (χ0n) is 17.6. The molecule has 2 unspecified atom stereocenters. The Labute approximate surface area is 172 Å². The summed E-state index contributed by atoms with van der Waals surface area (Å²) < 4.78 is 48.3. The first-order valence-corrected chi connectivity index (χ1v) is 10.8. The molecule has 2 rings (SSSR count). The Bertz CT molecular complexity index is 909. The maximum absolute atomic E-state index is 15.5. The number of halogens is 1. The summed E-state index contributed by atoms with van der Waals surface area (Å²) in [5, 5.41) is 2.65. The van der Waals surface area contributed by atoms with Crippen LogP contribution >= 0.6 is 0 Å². The number of carbonyl (C=O) groups is 1. The van der Waals surface area contributed by atoms with Crippen molar-refractivity contribution >= 4 is 15.9 Å². The highest BCUT2D eigenvalue weighted by Crippen LogP contribution is 2.29. The zero-order chi connectivity index (χ0) is 22.1. The Hall–Kier alpha value is -2.19. The van der Waals surface area contributed by atoms with Crippen LogP contribution in [0, 0.1) is 5.41 Å². The SMILES string of the molecule is CC(C)(C)NS(=O)(=O)c1ccc(OC2(F)C=CC=CC2NC(=O)C(C)(C)C)cc1. The second-order valence-corrected chi connectivity index (χ2v) is 10.8. The largest absolute Gasteiger partial charge is 0.452 e. The fourth-order valence-corrected chi connectivity index (χ4v) is 3.95. The predicted molar refractivity (Wildman–Crippen MR) is 111 cm³/mol. The van der Waals surface area contributed by atoms with E-state index < -0.39 is 32.9 Å². The average Bonchev–Trinajstić information content (AvgIpc) is 2.54. The van der Waals surface area contributed by atoms with Crippen LogP contribution in [0.1, 0.15) is 41.5 Å². The molecule has 0 radical (unpaired) electrons. The van der Waals surface area contributed by atoms with E-state index in [1.165, 1.54) is 42.5 Å².